The Labute approximate surface area is 125 Å². The molecule has 2 aliphatic heterocycles. The molecule has 0 amide bonds. The van der Waals surface area contributed by atoms with Gasteiger partial charge in [0.15, 0.2) is 0 Å². The number of hydrogen-bond donors (Lipinski definition) is 0. The highest BCUT2D eigenvalue weighted by atomic mass is 32.2. The van der Waals surface area contributed by atoms with E-state index in [-0.39, 0.29) is 0 Å². The first-order valence-electron chi connectivity index (χ1n) is 7.68. The minimum absolute atomic E-state index is 0.496. The van der Waals surface area contributed by atoms with Crippen molar-refractivity contribution in [1.29, 1.82) is 0 Å². The van der Waals surface area contributed by atoms with Crippen LogP contribution in [0.4, 0.5) is 0 Å². The number of pyridine rings is 1. The molecule has 3 nitrogen and oxygen atoms in total. The molecular formula is C16H22N2OS. The SMILES string of the molecule is c1cncc(CN2CC3(C[C@@H](OCC4CC4)CS3)C2)c1. The van der Waals surface area contributed by atoms with Crippen molar-refractivity contribution in [2.24, 2.45) is 5.92 Å². The third-order valence-corrected chi connectivity index (χ3v) is 6.17. The molecule has 0 unspecified atom stereocenters. The van der Waals surface area contributed by atoms with E-state index in [0.29, 0.717) is 10.9 Å². The highest BCUT2D eigenvalue weighted by Gasteiger charge is 2.49. The zero-order valence-corrected chi connectivity index (χ0v) is 12.6. The zero-order valence-electron chi connectivity index (χ0n) is 11.8. The van der Waals surface area contributed by atoms with Gasteiger partial charge in [0.1, 0.15) is 0 Å². The van der Waals surface area contributed by atoms with E-state index in [1.807, 2.05) is 18.5 Å². The van der Waals surface area contributed by atoms with E-state index >= 15 is 0 Å². The van der Waals surface area contributed by atoms with Gasteiger partial charge in [0.2, 0.25) is 0 Å². The van der Waals surface area contributed by atoms with Crippen molar-refractivity contribution in [3.05, 3.63) is 30.1 Å². The van der Waals surface area contributed by atoms with Gasteiger partial charge in [-0.25, -0.2) is 0 Å². The molecule has 3 heterocycles. The third kappa shape index (κ3) is 2.87. The number of likely N-dealkylation sites (tertiary alicyclic amines) is 1. The van der Waals surface area contributed by atoms with Crippen LogP contribution in [0.2, 0.25) is 0 Å². The maximum absolute atomic E-state index is 6.06. The van der Waals surface area contributed by atoms with E-state index in [2.05, 4.69) is 27.7 Å². The van der Waals surface area contributed by atoms with Gasteiger partial charge in [-0.2, -0.15) is 0 Å². The first kappa shape index (κ1) is 13.1. The van der Waals surface area contributed by atoms with Gasteiger partial charge in [-0.3, -0.25) is 9.88 Å². The molecular weight excluding hydrogens is 268 g/mol. The molecule has 108 valence electrons. The van der Waals surface area contributed by atoms with Gasteiger partial charge >= 0.3 is 0 Å². The Hall–Kier alpha value is -0.580. The predicted octanol–water partition coefficient (Wildman–Crippen LogP) is 2.57. The molecule has 1 saturated carbocycles. The van der Waals surface area contributed by atoms with E-state index in [9.17, 15) is 0 Å². The van der Waals surface area contributed by atoms with Crippen LogP contribution in [0, 0.1) is 5.92 Å². The second kappa shape index (κ2) is 5.32. The second-order valence-corrected chi connectivity index (χ2v) is 8.09. The van der Waals surface area contributed by atoms with Crippen LogP contribution >= 0.6 is 11.8 Å². The number of aromatic nitrogens is 1. The summed E-state index contributed by atoms with van der Waals surface area (Å²) in [6.45, 7) is 4.50. The Kier molecular flexibility index (Phi) is 3.49. The average molecular weight is 290 g/mol. The quantitative estimate of drug-likeness (QED) is 0.832. The molecule has 0 N–H and O–H groups in total. The van der Waals surface area contributed by atoms with Crippen molar-refractivity contribution in [2.45, 2.75) is 36.7 Å². The largest absolute Gasteiger partial charge is 0.377 e. The summed E-state index contributed by atoms with van der Waals surface area (Å²) in [6, 6.07) is 4.19. The number of ether oxygens (including phenoxy) is 1. The molecule has 20 heavy (non-hydrogen) atoms. The Bertz CT molecular complexity index is 457. The second-order valence-electron chi connectivity index (χ2n) is 6.60. The third-order valence-electron chi connectivity index (χ3n) is 4.59. The van der Waals surface area contributed by atoms with Crippen LogP contribution in [-0.2, 0) is 11.3 Å². The average Bonchev–Trinajstić information content (AvgIpc) is 3.17. The van der Waals surface area contributed by atoms with Crippen molar-refractivity contribution in [1.82, 2.24) is 9.88 Å². The first-order valence-corrected chi connectivity index (χ1v) is 8.67. The summed E-state index contributed by atoms with van der Waals surface area (Å²) in [6.07, 6.45) is 8.38. The van der Waals surface area contributed by atoms with Gasteiger partial charge in [-0.1, -0.05) is 6.07 Å². The fraction of sp³-hybridized carbons (Fsp3) is 0.688. The first-order chi connectivity index (χ1) is 9.81. The number of nitrogens with zero attached hydrogens (tertiary/aromatic N) is 2. The molecule has 1 spiro atoms. The number of rotatable bonds is 5. The van der Waals surface area contributed by atoms with Crippen molar-refractivity contribution < 1.29 is 4.74 Å². The number of hydrogen-bond acceptors (Lipinski definition) is 4. The van der Waals surface area contributed by atoms with E-state index in [1.165, 1.54) is 43.7 Å². The highest BCUT2D eigenvalue weighted by molar-refractivity contribution is 8.01. The summed E-state index contributed by atoms with van der Waals surface area (Å²) in [5, 5.41) is 0. The molecule has 2 saturated heterocycles. The van der Waals surface area contributed by atoms with Crippen LogP contribution in [0.5, 0.6) is 0 Å². The molecule has 0 aromatic carbocycles. The van der Waals surface area contributed by atoms with Crippen molar-refractivity contribution >= 4 is 11.8 Å². The lowest BCUT2D eigenvalue weighted by atomic mass is 9.92. The van der Waals surface area contributed by atoms with Crippen LogP contribution in [0.1, 0.15) is 24.8 Å². The van der Waals surface area contributed by atoms with Gasteiger partial charge in [0.05, 0.1) is 6.10 Å². The van der Waals surface area contributed by atoms with Crippen LogP contribution in [0.25, 0.3) is 0 Å². The zero-order chi connectivity index (χ0) is 13.4. The van der Waals surface area contributed by atoms with Crippen LogP contribution in [-0.4, -0.2) is 46.2 Å². The summed E-state index contributed by atoms with van der Waals surface area (Å²) in [5.41, 5.74) is 1.33. The van der Waals surface area contributed by atoms with E-state index < -0.39 is 0 Å². The summed E-state index contributed by atoms with van der Waals surface area (Å²) >= 11 is 2.14. The van der Waals surface area contributed by atoms with Gasteiger partial charge < -0.3 is 4.74 Å². The van der Waals surface area contributed by atoms with E-state index in [0.717, 1.165) is 19.1 Å². The normalized spacial score (nSPS) is 28.7. The molecule has 1 aliphatic carbocycles. The molecule has 0 radical (unpaired) electrons. The Balaban J connectivity index is 1.23. The lowest BCUT2D eigenvalue weighted by Crippen LogP contribution is -2.58. The van der Waals surface area contributed by atoms with Crippen LogP contribution in [0.3, 0.4) is 0 Å². The van der Waals surface area contributed by atoms with Crippen molar-refractivity contribution in [3.63, 3.8) is 0 Å². The van der Waals surface area contributed by atoms with Crippen molar-refractivity contribution in [2.75, 3.05) is 25.4 Å². The molecule has 0 bridgehead atoms. The minimum atomic E-state index is 0.496. The smallest absolute Gasteiger partial charge is 0.0680 e. The fourth-order valence-electron chi connectivity index (χ4n) is 3.32. The molecule has 1 aromatic heterocycles. The summed E-state index contributed by atoms with van der Waals surface area (Å²) < 4.78 is 6.56. The predicted molar refractivity (Wildman–Crippen MR) is 81.8 cm³/mol. The van der Waals surface area contributed by atoms with Gasteiger partial charge in [0, 0.05) is 49.1 Å². The Morgan fingerprint density at radius 3 is 3.05 bits per heavy atom. The fourth-order valence-corrected chi connectivity index (χ4v) is 4.92. The molecule has 3 fully saturated rings. The maximum Gasteiger partial charge on any atom is 0.0680 e. The van der Waals surface area contributed by atoms with E-state index in [4.69, 9.17) is 4.74 Å². The Morgan fingerprint density at radius 2 is 2.30 bits per heavy atom. The lowest BCUT2D eigenvalue weighted by molar-refractivity contribution is 0.0305. The molecule has 3 aliphatic rings. The van der Waals surface area contributed by atoms with Gasteiger partial charge in [0.25, 0.3) is 0 Å². The summed E-state index contributed by atoms with van der Waals surface area (Å²) in [7, 11) is 0. The lowest BCUT2D eigenvalue weighted by Gasteiger charge is -2.47. The molecule has 4 heteroatoms. The molecule has 4 rings (SSSR count). The van der Waals surface area contributed by atoms with Crippen LogP contribution < -0.4 is 0 Å². The van der Waals surface area contributed by atoms with Gasteiger partial charge in [-0.05, 0) is 36.8 Å². The standard InChI is InChI=1S/C16H22N2OS/c1-2-14(7-17-5-1)8-18-11-16(12-18)6-15(10-20-16)19-9-13-3-4-13/h1-2,5,7,13,15H,3-4,6,8-12H2/t15-/m1/s1. The maximum atomic E-state index is 6.06. The number of thioether (sulfide) groups is 1. The van der Waals surface area contributed by atoms with Crippen LogP contribution in [0.15, 0.2) is 24.5 Å². The summed E-state index contributed by atoms with van der Waals surface area (Å²) in [4.78, 5) is 6.73. The summed E-state index contributed by atoms with van der Waals surface area (Å²) in [5.74, 6) is 2.09. The van der Waals surface area contributed by atoms with Crippen molar-refractivity contribution in [3.8, 4) is 0 Å². The van der Waals surface area contributed by atoms with E-state index in [1.54, 1.807) is 0 Å². The molecule has 1 aromatic rings. The molecule has 1 atom stereocenters. The highest BCUT2D eigenvalue weighted by Crippen LogP contribution is 2.46. The van der Waals surface area contributed by atoms with Gasteiger partial charge in [-0.15, -0.1) is 11.8 Å². The Morgan fingerprint density at radius 1 is 1.40 bits per heavy atom. The minimum Gasteiger partial charge on any atom is -0.377 e. The monoisotopic (exact) mass is 290 g/mol. The topological polar surface area (TPSA) is 25.4 Å².